The first kappa shape index (κ1) is 8.47. The van der Waals surface area contributed by atoms with Crippen molar-refractivity contribution >= 4 is 5.82 Å². The largest absolute Gasteiger partial charge is 0.383 e. The highest BCUT2D eigenvalue weighted by Crippen LogP contribution is 2.08. The van der Waals surface area contributed by atoms with Crippen molar-refractivity contribution in [1.82, 2.24) is 10.3 Å². The number of nitrogens with one attached hydrogen (secondary N) is 1. The summed E-state index contributed by atoms with van der Waals surface area (Å²) in [5.41, 5.74) is 6.73. The van der Waals surface area contributed by atoms with Crippen molar-refractivity contribution in [1.29, 1.82) is 0 Å². The molecule has 0 atom stereocenters. The first-order chi connectivity index (χ1) is 6.36. The third-order valence-electron chi connectivity index (χ3n) is 2.15. The van der Waals surface area contributed by atoms with Gasteiger partial charge in [-0.3, -0.25) is 0 Å². The van der Waals surface area contributed by atoms with E-state index >= 15 is 0 Å². The second kappa shape index (κ2) is 3.72. The van der Waals surface area contributed by atoms with E-state index in [-0.39, 0.29) is 0 Å². The van der Waals surface area contributed by atoms with E-state index in [2.05, 4.69) is 10.3 Å². The van der Waals surface area contributed by atoms with Crippen molar-refractivity contribution < 1.29 is 4.74 Å². The molecule has 70 valence electrons. The molecule has 1 saturated heterocycles. The van der Waals surface area contributed by atoms with Gasteiger partial charge in [-0.1, -0.05) is 6.07 Å². The predicted molar refractivity (Wildman–Crippen MR) is 50.1 cm³/mol. The van der Waals surface area contributed by atoms with Crippen LogP contribution in [-0.4, -0.2) is 24.2 Å². The van der Waals surface area contributed by atoms with Crippen molar-refractivity contribution in [2.24, 2.45) is 0 Å². The number of nitrogens with zero attached hydrogens (tertiary/aromatic N) is 1. The Morgan fingerprint density at radius 2 is 2.46 bits per heavy atom. The van der Waals surface area contributed by atoms with E-state index in [4.69, 9.17) is 10.5 Å². The maximum absolute atomic E-state index is 5.68. The monoisotopic (exact) mass is 179 g/mol. The van der Waals surface area contributed by atoms with Crippen LogP contribution >= 0.6 is 0 Å². The average molecular weight is 179 g/mol. The Kier molecular flexibility index (Phi) is 2.42. The molecule has 1 aromatic rings. The van der Waals surface area contributed by atoms with Gasteiger partial charge < -0.3 is 15.8 Å². The molecule has 2 heterocycles. The summed E-state index contributed by atoms with van der Waals surface area (Å²) in [6.07, 6.45) is 1.70. The van der Waals surface area contributed by atoms with Crippen LogP contribution in [0.1, 0.15) is 5.56 Å². The van der Waals surface area contributed by atoms with Crippen LogP contribution in [0.25, 0.3) is 0 Å². The predicted octanol–water partition coefficient (Wildman–Crippen LogP) is 0.152. The zero-order valence-electron chi connectivity index (χ0n) is 7.36. The number of hydrogen-bond donors (Lipinski definition) is 2. The van der Waals surface area contributed by atoms with Crippen LogP contribution in [0.4, 0.5) is 5.82 Å². The summed E-state index contributed by atoms with van der Waals surface area (Å²) in [6.45, 7) is 2.38. The van der Waals surface area contributed by atoms with Crippen LogP contribution in [0.3, 0.4) is 0 Å². The van der Waals surface area contributed by atoms with Gasteiger partial charge in [0.15, 0.2) is 0 Å². The summed E-state index contributed by atoms with van der Waals surface area (Å²) in [5, 5.41) is 3.33. The maximum atomic E-state index is 5.68. The highest BCUT2D eigenvalue weighted by Gasteiger charge is 2.17. The third kappa shape index (κ3) is 1.96. The summed E-state index contributed by atoms with van der Waals surface area (Å²) in [5.74, 6) is 0.607. The van der Waals surface area contributed by atoms with E-state index < -0.39 is 0 Å². The standard InChI is InChI=1S/C9H13N3O/c10-9-7(2-1-3-11-9)4-12-8-5-13-6-8/h1-3,8,12H,4-6H2,(H2,10,11). The van der Waals surface area contributed by atoms with Crippen molar-refractivity contribution in [3.8, 4) is 0 Å². The molecule has 0 spiro atoms. The third-order valence-corrected chi connectivity index (χ3v) is 2.15. The Morgan fingerprint density at radius 1 is 1.62 bits per heavy atom. The number of rotatable bonds is 3. The normalized spacial score (nSPS) is 16.9. The molecule has 3 N–H and O–H groups in total. The second-order valence-electron chi connectivity index (χ2n) is 3.16. The minimum absolute atomic E-state index is 0.486. The molecule has 1 aromatic heterocycles. The highest BCUT2D eigenvalue weighted by molar-refractivity contribution is 5.38. The summed E-state index contributed by atoms with van der Waals surface area (Å²) in [7, 11) is 0. The lowest BCUT2D eigenvalue weighted by atomic mass is 10.2. The lowest BCUT2D eigenvalue weighted by Crippen LogP contribution is -2.45. The van der Waals surface area contributed by atoms with Crippen LogP contribution in [0.5, 0.6) is 0 Å². The molecular formula is C9H13N3O. The molecule has 13 heavy (non-hydrogen) atoms. The van der Waals surface area contributed by atoms with E-state index in [9.17, 15) is 0 Å². The van der Waals surface area contributed by atoms with Gasteiger partial charge in [0, 0.05) is 18.3 Å². The quantitative estimate of drug-likeness (QED) is 0.693. The number of nitrogen functional groups attached to an aromatic ring is 1. The Labute approximate surface area is 77.1 Å². The van der Waals surface area contributed by atoms with E-state index in [1.165, 1.54) is 0 Å². The summed E-state index contributed by atoms with van der Waals surface area (Å²) in [4.78, 5) is 4.01. The van der Waals surface area contributed by atoms with Crippen molar-refractivity contribution in [2.45, 2.75) is 12.6 Å². The molecule has 0 aliphatic carbocycles. The lowest BCUT2D eigenvalue weighted by Gasteiger charge is -2.27. The Balaban J connectivity index is 1.89. The van der Waals surface area contributed by atoms with Crippen LogP contribution < -0.4 is 11.1 Å². The second-order valence-corrected chi connectivity index (χ2v) is 3.16. The average Bonchev–Trinajstić information content (AvgIpc) is 2.05. The van der Waals surface area contributed by atoms with Crippen molar-refractivity contribution in [2.75, 3.05) is 18.9 Å². The van der Waals surface area contributed by atoms with Gasteiger partial charge in [0.1, 0.15) is 5.82 Å². The maximum Gasteiger partial charge on any atom is 0.127 e. The first-order valence-electron chi connectivity index (χ1n) is 4.37. The zero-order valence-corrected chi connectivity index (χ0v) is 7.36. The highest BCUT2D eigenvalue weighted by atomic mass is 16.5. The van der Waals surface area contributed by atoms with E-state index in [1.807, 2.05) is 12.1 Å². The van der Waals surface area contributed by atoms with Gasteiger partial charge in [0.05, 0.1) is 19.3 Å². The van der Waals surface area contributed by atoms with E-state index in [0.29, 0.717) is 11.9 Å². The molecule has 0 radical (unpaired) electrons. The van der Waals surface area contributed by atoms with Gasteiger partial charge in [0.2, 0.25) is 0 Å². The zero-order chi connectivity index (χ0) is 9.10. The number of nitrogens with two attached hydrogens (primary N) is 1. The fourth-order valence-corrected chi connectivity index (χ4v) is 1.21. The first-order valence-corrected chi connectivity index (χ1v) is 4.37. The molecule has 1 aliphatic rings. The molecule has 0 bridgehead atoms. The molecule has 0 unspecified atom stereocenters. The van der Waals surface area contributed by atoms with Crippen LogP contribution in [0.15, 0.2) is 18.3 Å². The van der Waals surface area contributed by atoms with Gasteiger partial charge in [-0.05, 0) is 6.07 Å². The molecule has 4 heteroatoms. The Bertz CT molecular complexity index is 286. The summed E-state index contributed by atoms with van der Waals surface area (Å²) in [6, 6.07) is 4.36. The van der Waals surface area contributed by atoms with Crippen molar-refractivity contribution in [3.63, 3.8) is 0 Å². The minimum Gasteiger partial charge on any atom is -0.383 e. The molecule has 1 aliphatic heterocycles. The molecule has 0 aromatic carbocycles. The van der Waals surface area contributed by atoms with Crippen LogP contribution in [0, 0.1) is 0 Å². The van der Waals surface area contributed by atoms with E-state index in [0.717, 1.165) is 25.3 Å². The fourth-order valence-electron chi connectivity index (χ4n) is 1.21. The fraction of sp³-hybridized carbons (Fsp3) is 0.444. The number of hydrogen-bond acceptors (Lipinski definition) is 4. The summed E-state index contributed by atoms with van der Waals surface area (Å²) < 4.78 is 5.04. The van der Waals surface area contributed by atoms with Gasteiger partial charge in [-0.2, -0.15) is 0 Å². The van der Waals surface area contributed by atoms with Crippen LogP contribution in [0.2, 0.25) is 0 Å². The summed E-state index contributed by atoms with van der Waals surface area (Å²) >= 11 is 0. The smallest absolute Gasteiger partial charge is 0.127 e. The molecule has 0 amide bonds. The SMILES string of the molecule is Nc1ncccc1CNC1COC1. The van der Waals surface area contributed by atoms with Gasteiger partial charge in [-0.25, -0.2) is 4.98 Å². The molecule has 0 saturated carbocycles. The molecule has 2 rings (SSSR count). The minimum atomic E-state index is 0.486. The van der Waals surface area contributed by atoms with Gasteiger partial charge in [0.25, 0.3) is 0 Å². The van der Waals surface area contributed by atoms with Gasteiger partial charge in [-0.15, -0.1) is 0 Å². The molecular weight excluding hydrogens is 166 g/mol. The topological polar surface area (TPSA) is 60.2 Å². The number of ether oxygens (including phenoxy) is 1. The Hall–Kier alpha value is -1.13. The molecule has 4 nitrogen and oxygen atoms in total. The van der Waals surface area contributed by atoms with Gasteiger partial charge >= 0.3 is 0 Å². The number of pyridine rings is 1. The van der Waals surface area contributed by atoms with Crippen LogP contribution in [-0.2, 0) is 11.3 Å². The Morgan fingerprint density at radius 3 is 3.08 bits per heavy atom. The number of aromatic nitrogens is 1. The van der Waals surface area contributed by atoms with E-state index in [1.54, 1.807) is 6.20 Å². The molecule has 1 fully saturated rings. The number of anilines is 1. The van der Waals surface area contributed by atoms with Crippen molar-refractivity contribution in [3.05, 3.63) is 23.9 Å². The lowest BCUT2D eigenvalue weighted by molar-refractivity contribution is -0.00577.